The van der Waals surface area contributed by atoms with Gasteiger partial charge in [-0.05, 0) is 38.4 Å². The van der Waals surface area contributed by atoms with E-state index >= 15 is 0 Å². The quantitative estimate of drug-likeness (QED) is 0.248. The van der Waals surface area contributed by atoms with E-state index in [-0.39, 0.29) is 21.1 Å². The van der Waals surface area contributed by atoms with E-state index in [1.54, 1.807) is 0 Å². The summed E-state index contributed by atoms with van der Waals surface area (Å²) >= 11 is 0. The number of nitrogens with zero attached hydrogens (tertiary/aromatic N) is 4. The second-order valence-corrected chi connectivity index (χ2v) is 8.26. The molecule has 0 amide bonds. The van der Waals surface area contributed by atoms with Gasteiger partial charge >= 0.3 is 0 Å². The van der Waals surface area contributed by atoms with Crippen LogP contribution in [0.1, 0.15) is 22.6 Å². The van der Waals surface area contributed by atoms with Gasteiger partial charge in [0.1, 0.15) is 5.76 Å². The van der Waals surface area contributed by atoms with Gasteiger partial charge in [0.2, 0.25) is 0 Å². The van der Waals surface area contributed by atoms with E-state index in [1.807, 2.05) is 71.4 Å². The zero-order valence-corrected chi connectivity index (χ0v) is 21.6. The predicted molar refractivity (Wildman–Crippen MR) is 131 cm³/mol. The standard InChI is InChI=1S/C28H25N4O.Pt/c1-20-16-21(2)26(22(3)17-20)28-27(23-10-6-4-7-11-23)30-25(33-28)14-15-31-18-29-32(19-31)24-12-8-5-9-13-24;/h4-10,12,16-19H,14-15H2,1-3H3;/q-3;. The van der Waals surface area contributed by atoms with Crippen molar-refractivity contribution in [1.82, 2.24) is 9.88 Å². The van der Waals surface area contributed by atoms with Gasteiger partial charge in [-0.25, -0.2) is 0 Å². The minimum atomic E-state index is 0. The molecular weight excluding hydrogens is 603 g/mol. The van der Waals surface area contributed by atoms with Crippen molar-refractivity contribution in [1.29, 1.82) is 0 Å². The Labute approximate surface area is 215 Å². The van der Waals surface area contributed by atoms with Gasteiger partial charge in [0, 0.05) is 38.7 Å². The fourth-order valence-corrected chi connectivity index (χ4v) is 4.22. The van der Waals surface area contributed by atoms with Gasteiger partial charge in [-0.2, -0.15) is 29.4 Å². The molecule has 0 saturated heterocycles. The number of aryl methyl sites for hydroxylation is 3. The zero-order valence-electron chi connectivity index (χ0n) is 19.4. The van der Waals surface area contributed by atoms with E-state index in [0.29, 0.717) is 18.9 Å². The van der Waals surface area contributed by atoms with Crippen LogP contribution < -0.4 is 5.01 Å². The van der Waals surface area contributed by atoms with Gasteiger partial charge in [0.15, 0.2) is 5.89 Å². The molecule has 0 radical (unpaired) electrons. The molecule has 0 saturated carbocycles. The molecule has 176 valence electrons. The molecule has 5 nitrogen and oxygen atoms in total. The van der Waals surface area contributed by atoms with Crippen LogP contribution in [0.5, 0.6) is 0 Å². The number of anilines is 1. The van der Waals surface area contributed by atoms with Crippen molar-refractivity contribution in [3.05, 3.63) is 102 Å². The van der Waals surface area contributed by atoms with Crippen LogP contribution in [-0.4, -0.2) is 22.8 Å². The molecule has 1 aromatic heterocycles. The summed E-state index contributed by atoms with van der Waals surface area (Å²) in [5, 5.41) is 6.25. The third kappa shape index (κ3) is 5.00. The van der Waals surface area contributed by atoms with E-state index in [4.69, 9.17) is 9.40 Å². The molecule has 2 heterocycles. The van der Waals surface area contributed by atoms with Crippen molar-refractivity contribution < 1.29 is 25.5 Å². The summed E-state index contributed by atoms with van der Waals surface area (Å²) in [6, 6.07) is 26.6. The van der Waals surface area contributed by atoms with Gasteiger partial charge in [-0.3, -0.25) is 4.98 Å². The molecule has 0 aliphatic carbocycles. The Balaban J connectivity index is 0.00000274. The number of hydrogen-bond acceptors (Lipinski definition) is 5. The normalized spacial score (nSPS) is 12.8. The Morgan fingerprint density at radius 2 is 1.71 bits per heavy atom. The average molecular weight is 629 g/mol. The molecular formula is C28H25N4OPt-3. The molecule has 0 bridgehead atoms. The molecule has 5 rings (SSSR count). The van der Waals surface area contributed by atoms with Crippen LogP contribution in [-0.2, 0) is 27.5 Å². The third-order valence-corrected chi connectivity index (χ3v) is 5.65. The van der Waals surface area contributed by atoms with E-state index < -0.39 is 0 Å². The first-order valence-electron chi connectivity index (χ1n) is 11.0. The number of hydrazone groups is 1. The topological polar surface area (TPSA) is 44.9 Å². The van der Waals surface area contributed by atoms with Gasteiger partial charge in [0.05, 0.1) is 6.34 Å². The number of benzene rings is 3. The number of para-hydroxylation sites is 1. The average Bonchev–Trinajstić information content (AvgIpc) is 3.46. The summed E-state index contributed by atoms with van der Waals surface area (Å²) < 4.78 is 6.39. The predicted octanol–water partition coefficient (Wildman–Crippen LogP) is 5.96. The first-order chi connectivity index (χ1) is 16.1. The molecule has 34 heavy (non-hydrogen) atoms. The second-order valence-electron chi connectivity index (χ2n) is 8.26. The Bertz CT molecular complexity index is 1260. The SMILES string of the molecule is Cc1cc(C)c(-c2oc(CCN3C=NN(c4[c-]cccc4)[CH-]3)nc2-c2[c-]cccc2)c(C)c1.[Pt]. The van der Waals surface area contributed by atoms with Crippen molar-refractivity contribution in [2.24, 2.45) is 5.10 Å². The fraction of sp³-hybridized carbons (Fsp3) is 0.179. The van der Waals surface area contributed by atoms with Crippen molar-refractivity contribution in [3.8, 4) is 22.6 Å². The monoisotopic (exact) mass is 628 g/mol. The minimum Gasteiger partial charge on any atom is -0.490 e. The third-order valence-electron chi connectivity index (χ3n) is 5.65. The van der Waals surface area contributed by atoms with Crippen LogP contribution in [0.2, 0.25) is 0 Å². The fourth-order valence-electron chi connectivity index (χ4n) is 4.22. The van der Waals surface area contributed by atoms with Crippen molar-refractivity contribution in [3.63, 3.8) is 0 Å². The molecule has 3 aromatic carbocycles. The number of rotatable bonds is 6. The van der Waals surface area contributed by atoms with Gasteiger partial charge in [-0.15, -0.1) is 48.6 Å². The Morgan fingerprint density at radius 1 is 0.971 bits per heavy atom. The molecule has 0 fully saturated rings. The van der Waals surface area contributed by atoms with Crippen LogP contribution in [0.15, 0.2) is 70.2 Å². The van der Waals surface area contributed by atoms with Crippen molar-refractivity contribution in [2.45, 2.75) is 27.2 Å². The van der Waals surface area contributed by atoms with E-state index in [2.05, 4.69) is 50.1 Å². The zero-order chi connectivity index (χ0) is 22.8. The first kappa shape index (κ1) is 24.0. The van der Waals surface area contributed by atoms with Gasteiger partial charge in [-0.1, -0.05) is 23.4 Å². The van der Waals surface area contributed by atoms with E-state index in [1.165, 1.54) is 16.7 Å². The van der Waals surface area contributed by atoms with Gasteiger partial charge < -0.3 is 14.3 Å². The van der Waals surface area contributed by atoms with Crippen LogP contribution in [0.25, 0.3) is 22.6 Å². The number of aromatic nitrogens is 1. The maximum atomic E-state index is 6.39. The molecule has 0 spiro atoms. The summed E-state index contributed by atoms with van der Waals surface area (Å²) in [6.45, 7) is 9.03. The summed E-state index contributed by atoms with van der Waals surface area (Å²) in [5.74, 6) is 1.50. The summed E-state index contributed by atoms with van der Waals surface area (Å²) in [5.41, 5.74) is 7.38. The molecule has 6 heteroatoms. The van der Waals surface area contributed by atoms with Crippen molar-refractivity contribution in [2.75, 3.05) is 11.6 Å². The molecule has 0 atom stereocenters. The van der Waals surface area contributed by atoms with Crippen LogP contribution in [0.3, 0.4) is 0 Å². The first-order valence-corrected chi connectivity index (χ1v) is 11.0. The molecule has 0 unspecified atom stereocenters. The van der Waals surface area contributed by atoms with Crippen LogP contribution in [0, 0.1) is 39.6 Å². The smallest absolute Gasteiger partial charge is 0.186 e. The van der Waals surface area contributed by atoms with Crippen LogP contribution >= 0.6 is 0 Å². The second kappa shape index (κ2) is 10.4. The Morgan fingerprint density at radius 3 is 2.38 bits per heavy atom. The van der Waals surface area contributed by atoms with Gasteiger partial charge in [0.25, 0.3) is 0 Å². The maximum absolute atomic E-state index is 6.39. The van der Waals surface area contributed by atoms with Crippen molar-refractivity contribution >= 4 is 12.0 Å². The van der Waals surface area contributed by atoms with E-state index in [9.17, 15) is 0 Å². The maximum Gasteiger partial charge on any atom is 0.186 e. The molecule has 1 aliphatic heterocycles. The summed E-state index contributed by atoms with van der Waals surface area (Å²) in [4.78, 5) is 6.93. The Kier molecular flexibility index (Phi) is 7.33. The van der Waals surface area contributed by atoms with Crippen LogP contribution in [0.4, 0.5) is 5.69 Å². The minimum absolute atomic E-state index is 0. The Hall–Kier alpha value is -3.17. The number of hydrogen-bond donors (Lipinski definition) is 0. The molecule has 1 aliphatic rings. The number of oxazole rings is 1. The molecule has 4 aromatic rings. The van der Waals surface area contributed by atoms with E-state index in [0.717, 1.165) is 28.3 Å². The summed E-state index contributed by atoms with van der Waals surface area (Å²) in [6.07, 6.45) is 2.46. The summed E-state index contributed by atoms with van der Waals surface area (Å²) in [7, 11) is 0. The largest absolute Gasteiger partial charge is 0.490 e. The molecule has 0 N–H and O–H groups in total.